The molecule has 9 heteroatoms. The first-order valence-corrected chi connectivity index (χ1v) is 12.5. The van der Waals surface area contributed by atoms with E-state index < -0.39 is 41.4 Å². The molecule has 1 amide bonds. The Morgan fingerprint density at radius 1 is 1.08 bits per heavy atom. The zero-order chi connectivity index (χ0) is 27.1. The first-order chi connectivity index (χ1) is 17.3. The standard InChI is InChI=1S/C28H32F3NO5/c1-6-7-15-35-24-19(25(33)36-17-11-9-8-10-12-17)16(2)22(28(29,30)31)20-18-13-14-32(23(18)21(20)24)26(34)37-27(3,4)5/h8-12,18,23H,6-7,13-15H2,1-5H3/t18-,23-/m1/s1. The van der Waals surface area contributed by atoms with Crippen LogP contribution < -0.4 is 9.47 Å². The van der Waals surface area contributed by atoms with E-state index in [2.05, 4.69) is 0 Å². The summed E-state index contributed by atoms with van der Waals surface area (Å²) in [6.45, 7) is 8.89. The van der Waals surface area contributed by atoms with Gasteiger partial charge in [0.05, 0.1) is 18.2 Å². The first kappa shape index (κ1) is 26.8. The number of alkyl halides is 3. The Hall–Kier alpha value is -3.23. The van der Waals surface area contributed by atoms with Crippen LogP contribution in [0.3, 0.4) is 0 Å². The topological polar surface area (TPSA) is 65.1 Å². The van der Waals surface area contributed by atoms with Crippen LogP contribution in [-0.4, -0.2) is 35.7 Å². The number of para-hydroxylation sites is 1. The van der Waals surface area contributed by atoms with Gasteiger partial charge in [-0.25, -0.2) is 9.59 Å². The zero-order valence-corrected chi connectivity index (χ0v) is 21.7. The number of hydrogen-bond donors (Lipinski definition) is 0. The van der Waals surface area contributed by atoms with Crippen molar-refractivity contribution < 1.29 is 37.0 Å². The van der Waals surface area contributed by atoms with E-state index in [-0.39, 0.29) is 46.9 Å². The van der Waals surface area contributed by atoms with E-state index in [4.69, 9.17) is 14.2 Å². The molecule has 2 atom stereocenters. The molecule has 4 rings (SSSR count). The molecule has 0 N–H and O–H groups in total. The van der Waals surface area contributed by atoms with Crippen LogP contribution in [-0.2, 0) is 10.9 Å². The SMILES string of the molecule is CCCCOc1c(C(=O)Oc2ccccc2)c(C)c(C(F)(F)F)c2c1[C@H]1[C@@H]2CCN1C(=O)OC(C)(C)C. The van der Waals surface area contributed by atoms with Crippen LogP contribution in [0.5, 0.6) is 11.5 Å². The normalized spacial score (nSPS) is 18.5. The highest BCUT2D eigenvalue weighted by Gasteiger charge is 2.56. The molecule has 37 heavy (non-hydrogen) atoms. The van der Waals surface area contributed by atoms with Crippen LogP contribution in [0.2, 0.25) is 0 Å². The summed E-state index contributed by atoms with van der Waals surface area (Å²) in [6, 6.07) is 7.48. The minimum Gasteiger partial charge on any atom is -0.492 e. The Kier molecular flexibility index (Phi) is 7.18. The Morgan fingerprint density at radius 3 is 2.35 bits per heavy atom. The number of carbonyl (C=O) groups excluding carboxylic acids is 2. The average Bonchev–Trinajstić information content (AvgIpc) is 3.15. The second-order valence-corrected chi connectivity index (χ2v) is 10.4. The zero-order valence-electron chi connectivity index (χ0n) is 21.7. The molecule has 0 radical (unpaired) electrons. The maximum atomic E-state index is 14.5. The number of unbranched alkanes of at least 4 members (excludes halogenated alkanes) is 1. The smallest absolute Gasteiger partial charge is 0.416 e. The third-order valence-electron chi connectivity index (χ3n) is 6.66. The lowest BCUT2D eigenvalue weighted by molar-refractivity contribution is -0.139. The number of amides is 1. The highest BCUT2D eigenvalue weighted by molar-refractivity contribution is 5.98. The summed E-state index contributed by atoms with van der Waals surface area (Å²) in [6.07, 6.45) is -3.51. The van der Waals surface area contributed by atoms with Crippen molar-refractivity contribution in [3.8, 4) is 11.5 Å². The summed E-state index contributed by atoms with van der Waals surface area (Å²) < 4.78 is 60.5. The Labute approximate surface area is 214 Å². The van der Waals surface area contributed by atoms with Crippen LogP contribution in [0.15, 0.2) is 30.3 Å². The molecule has 200 valence electrons. The van der Waals surface area contributed by atoms with Gasteiger partial charge in [-0.05, 0) is 63.8 Å². The monoisotopic (exact) mass is 519 g/mol. The van der Waals surface area contributed by atoms with Gasteiger partial charge in [0.15, 0.2) is 0 Å². The van der Waals surface area contributed by atoms with Gasteiger partial charge in [-0.1, -0.05) is 31.5 Å². The van der Waals surface area contributed by atoms with Crippen LogP contribution in [0.4, 0.5) is 18.0 Å². The fourth-order valence-corrected chi connectivity index (χ4v) is 5.17. The van der Waals surface area contributed by atoms with Crippen molar-refractivity contribution in [2.45, 2.75) is 77.6 Å². The van der Waals surface area contributed by atoms with Gasteiger partial charge in [0.25, 0.3) is 0 Å². The summed E-state index contributed by atoms with van der Waals surface area (Å²) in [7, 11) is 0. The Balaban J connectivity index is 1.87. The number of halogens is 3. The fourth-order valence-electron chi connectivity index (χ4n) is 5.17. The molecule has 2 aromatic carbocycles. The quantitative estimate of drug-likeness (QED) is 0.230. The number of likely N-dealkylation sites (tertiary alicyclic amines) is 1. The molecular formula is C28H32F3NO5. The maximum Gasteiger partial charge on any atom is 0.416 e. The number of benzene rings is 2. The summed E-state index contributed by atoms with van der Waals surface area (Å²) in [5.41, 5.74) is -1.78. The van der Waals surface area contributed by atoms with Gasteiger partial charge in [0.1, 0.15) is 22.7 Å². The molecule has 2 aliphatic rings. The Morgan fingerprint density at radius 2 is 1.76 bits per heavy atom. The molecule has 0 spiro atoms. The van der Waals surface area contributed by atoms with E-state index >= 15 is 0 Å². The predicted molar refractivity (Wildman–Crippen MR) is 131 cm³/mol. The van der Waals surface area contributed by atoms with Gasteiger partial charge in [0, 0.05) is 18.0 Å². The number of fused-ring (bicyclic) bond motifs is 4. The van der Waals surface area contributed by atoms with Crippen molar-refractivity contribution >= 4 is 12.1 Å². The molecule has 0 unspecified atom stereocenters. The number of hydrogen-bond acceptors (Lipinski definition) is 5. The molecule has 1 saturated heterocycles. The van der Waals surface area contributed by atoms with Gasteiger partial charge < -0.3 is 19.1 Å². The molecule has 2 aromatic rings. The number of ether oxygens (including phenoxy) is 3. The second kappa shape index (κ2) is 9.91. The van der Waals surface area contributed by atoms with Crippen molar-refractivity contribution in [3.63, 3.8) is 0 Å². The lowest BCUT2D eigenvalue weighted by Gasteiger charge is -2.43. The molecule has 0 bridgehead atoms. The van der Waals surface area contributed by atoms with E-state index in [0.29, 0.717) is 12.8 Å². The van der Waals surface area contributed by atoms with E-state index in [1.165, 1.54) is 11.8 Å². The summed E-state index contributed by atoms with van der Waals surface area (Å²) in [5, 5.41) is 0. The van der Waals surface area contributed by atoms with Gasteiger partial charge in [0.2, 0.25) is 0 Å². The van der Waals surface area contributed by atoms with Crippen LogP contribution in [0.25, 0.3) is 0 Å². The van der Waals surface area contributed by atoms with Crippen molar-refractivity contribution in [2.75, 3.05) is 13.2 Å². The lowest BCUT2D eigenvalue weighted by Crippen LogP contribution is -2.41. The highest BCUT2D eigenvalue weighted by Crippen LogP contribution is 2.62. The summed E-state index contributed by atoms with van der Waals surface area (Å²) in [5.74, 6) is -1.19. The summed E-state index contributed by atoms with van der Waals surface area (Å²) in [4.78, 5) is 27.8. The lowest BCUT2D eigenvalue weighted by atomic mass is 9.68. The average molecular weight is 520 g/mol. The molecule has 0 saturated carbocycles. The van der Waals surface area contributed by atoms with E-state index in [0.717, 1.165) is 6.42 Å². The van der Waals surface area contributed by atoms with Crippen LogP contribution in [0.1, 0.15) is 91.5 Å². The van der Waals surface area contributed by atoms with E-state index in [1.807, 2.05) is 6.92 Å². The van der Waals surface area contributed by atoms with Crippen molar-refractivity contribution in [1.82, 2.24) is 4.90 Å². The molecule has 1 fully saturated rings. The molecule has 0 aromatic heterocycles. The van der Waals surface area contributed by atoms with Gasteiger partial charge in [-0.15, -0.1) is 0 Å². The number of rotatable bonds is 6. The van der Waals surface area contributed by atoms with Gasteiger partial charge in [-0.2, -0.15) is 13.2 Å². The van der Waals surface area contributed by atoms with Crippen molar-refractivity contribution in [2.24, 2.45) is 0 Å². The van der Waals surface area contributed by atoms with Crippen LogP contribution in [0, 0.1) is 6.92 Å². The fraction of sp³-hybridized carbons (Fsp3) is 0.500. The second-order valence-electron chi connectivity index (χ2n) is 10.4. The predicted octanol–water partition coefficient (Wildman–Crippen LogP) is 7.19. The van der Waals surface area contributed by atoms with Crippen molar-refractivity contribution in [3.05, 3.63) is 58.1 Å². The number of carbonyl (C=O) groups is 2. The van der Waals surface area contributed by atoms with Crippen molar-refractivity contribution in [1.29, 1.82) is 0 Å². The van der Waals surface area contributed by atoms with E-state index in [1.54, 1.807) is 51.1 Å². The highest BCUT2D eigenvalue weighted by atomic mass is 19.4. The molecule has 6 nitrogen and oxygen atoms in total. The minimum atomic E-state index is -4.71. The third-order valence-corrected chi connectivity index (χ3v) is 6.66. The van der Waals surface area contributed by atoms with E-state index in [9.17, 15) is 22.8 Å². The molecular weight excluding hydrogens is 487 g/mol. The number of nitrogens with zero attached hydrogens (tertiary/aromatic N) is 1. The molecule has 1 heterocycles. The van der Waals surface area contributed by atoms with Gasteiger partial charge >= 0.3 is 18.2 Å². The minimum absolute atomic E-state index is 0.0617. The first-order valence-electron chi connectivity index (χ1n) is 12.5. The van der Waals surface area contributed by atoms with Crippen LogP contribution >= 0.6 is 0 Å². The molecule has 1 aliphatic heterocycles. The number of esters is 1. The Bertz CT molecular complexity index is 1190. The third kappa shape index (κ3) is 5.13. The maximum absolute atomic E-state index is 14.5. The summed E-state index contributed by atoms with van der Waals surface area (Å²) >= 11 is 0. The molecule has 1 aliphatic carbocycles. The largest absolute Gasteiger partial charge is 0.492 e. The van der Waals surface area contributed by atoms with Gasteiger partial charge in [-0.3, -0.25) is 0 Å².